The third-order valence-electron chi connectivity index (χ3n) is 3.30. The minimum Gasteiger partial charge on any atom is -0.310 e. The highest BCUT2D eigenvalue weighted by molar-refractivity contribution is 5.79. The smallest absolute Gasteiger partial charge is 0.0705 e. The van der Waals surface area contributed by atoms with Crippen LogP contribution in [-0.4, -0.2) is 11.5 Å². The molecule has 0 aliphatic heterocycles. The van der Waals surface area contributed by atoms with E-state index in [0.717, 1.165) is 30.6 Å². The van der Waals surface area contributed by atoms with E-state index in [1.54, 1.807) is 0 Å². The highest BCUT2D eigenvalue weighted by atomic mass is 14.9. The molecule has 0 amide bonds. The number of aromatic nitrogens is 1. The molecule has 2 nitrogen and oxygen atoms in total. The van der Waals surface area contributed by atoms with Crippen molar-refractivity contribution < 1.29 is 0 Å². The molecule has 2 heteroatoms. The maximum Gasteiger partial charge on any atom is 0.0705 e. The maximum atomic E-state index is 4.54. The molecule has 0 fully saturated rings. The first kappa shape index (κ1) is 13.8. The topological polar surface area (TPSA) is 24.9 Å². The summed E-state index contributed by atoms with van der Waals surface area (Å²) in [5.74, 6) is 0. The van der Waals surface area contributed by atoms with Crippen molar-refractivity contribution in [2.75, 3.05) is 6.54 Å². The Balaban J connectivity index is 2.31. The molecule has 2 aromatic rings. The zero-order chi connectivity index (χ0) is 13.7. The quantitative estimate of drug-likeness (QED) is 0.783. The average Bonchev–Trinajstić information content (AvgIpc) is 2.43. The van der Waals surface area contributed by atoms with Crippen molar-refractivity contribution in [3.05, 3.63) is 54.2 Å². The molecule has 1 aromatic heterocycles. The van der Waals surface area contributed by atoms with Crippen LogP contribution in [0.1, 0.15) is 37.1 Å². The van der Waals surface area contributed by atoms with E-state index in [2.05, 4.69) is 54.1 Å². The van der Waals surface area contributed by atoms with E-state index in [1.807, 2.05) is 13.0 Å². The third kappa shape index (κ3) is 3.42. The molecule has 0 aliphatic rings. The van der Waals surface area contributed by atoms with Gasteiger partial charge in [0.2, 0.25) is 0 Å². The molecule has 0 radical (unpaired) electrons. The molecule has 1 aromatic carbocycles. The highest BCUT2D eigenvalue weighted by Gasteiger charge is 2.09. The van der Waals surface area contributed by atoms with Crippen LogP contribution >= 0.6 is 0 Å². The number of benzene rings is 1. The number of aryl methyl sites for hydroxylation is 1. The van der Waals surface area contributed by atoms with Crippen LogP contribution in [-0.2, 0) is 0 Å². The molecule has 1 unspecified atom stereocenters. The molecule has 0 bridgehead atoms. The predicted octanol–water partition coefficient (Wildman–Crippen LogP) is 4.16. The minimum absolute atomic E-state index is 0.350. The zero-order valence-electron chi connectivity index (χ0n) is 11.8. The normalized spacial score (nSPS) is 12.5. The lowest BCUT2D eigenvalue weighted by molar-refractivity contribution is 0.537. The first-order valence-corrected chi connectivity index (χ1v) is 6.96. The third-order valence-corrected chi connectivity index (χ3v) is 3.30. The van der Waals surface area contributed by atoms with Crippen molar-refractivity contribution in [2.24, 2.45) is 0 Å². The highest BCUT2D eigenvalue weighted by Crippen LogP contribution is 2.22. The summed E-state index contributed by atoms with van der Waals surface area (Å²) in [5, 5.41) is 4.78. The van der Waals surface area contributed by atoms with Crippen LogP contribution in [0.25, 0.3) is 10.9 Å². The second kappa shape index (κ2) is 6.48. The van der Waals surface area contributed by atoms with E-state index in [0.29, 0.717) is 6.04 Å². The molecule has 0 aliphatic carbocycles. The van der Waals surface area contributed by atoms with E-state index < -0.39 is 0 Å². The predicted molar refractivity (Wildman–Crippen MR) is 82.3 cm³/mol. The van der Waals surface area contributed by atoms with Gasteiger partial charge in [0, 0.05) is 17.1 Å². The monoisotopic (exact) mass is 254 g/mol. The summed E-state index contributed by atoms with van der Waals surface area (Å²) in [6.07, 6.45) is 4.07. The standard InChI is InChI=1S/C17H22N2/c1-4-6-16(18-11-5-2)14-9-10-17-15(12-14)8-7-13(3)19-17/h4,7-10,12,16,18H,1,5-6,11H2,2-3H3. The van der Waals surface area contributed by atoms with E-state index in [4.69, 9.17) is 0 Å². The van der Waals surface area contributed by atoms with E-state index in [9.17, 15) is 0 Å². The van der Waals surface area contributed by atoms with Crippen molar-refractivity contribution in [1.29, 1.82) is 0 Å². The largest absolute Gasteiger partial charge is 0.310 e. The van der Waals surface area contributed by atoms with E-state index in [-0.39, 0.29) is 0 Å². The van der Waals surface area contributed by atoms with Crippen LogP contribution in [0.15, 0.2) is 43.0 Å². The summed E-state index contributed by atoms with van der Waals surface area (Å²) in [7, 11) is 0. The van der Waals surface area contributed by atoms with Gasteiger partial charge in [0.15, 0.2) is 0 Å². The lowest BCUT2D eigenvalue weighted by atomic mass is 10.0. The Morgan fingerprint density at radius 1 is 1.32 bits per heavy atom. The zero-order valence-corrected chi connectivity index (χ0v) is 11.8. The van der Waals surface area contributed by atoms with Gasteiger partial charge in [0.25, 0.3) is 0 Å². The van der Waals surface area contributed by atoms with Crippen LogP contribution < -0.4 is 5.32 Å². The molecule has 0 spiro atoms. The molecule has 1 atom stereocenters. The average molecular weight is 254 g/mol. The lowest BCUT2D eigenvalue weighted by Crippen LogP contribution is -2.21. The van der Waals surface area contributed by atoms with Crippen molar-refractivity contribution in [2.45, 2.75) is 32.7 Å². The second-order valence-corrected chi connectivity index (χ2v) is 4.94. The van der Waals surface area contributed by atoms with Crippen LogP contribution in [0.3, 0.4) is 0 Å². The SMILES string of the molecule is C=CCC(NCCC)c1ccc2nc(C)ccc2c1. The Morgan fingerprint density at radius 2 is 2.16 bits per heavy atom. The van der Waals surface area contributed by atoms with Gasteiger partial charge in [-0.15, -0.1) is 6.58 Å². The fraction of sp³-hybridized carbons (Fsp3) is 0.353. The second-order valence-electron chi connectivity index (χ2n) is 4.94. The Labute approximate surface area is 115 Å². The molecule has 100 valence electrons. The number of nitrogens with one attached hydrogen (secondary N) is 1. The van der Waals surface area contributed by atoms with Crippen molar-refractivity contribution in [1.82, 2.24) is 10.3 Å². The number of hydrogen-bond acceptors (Lipinski definition) is 2. The summed E-state index contributed by atoms with van der Waals surface area (Å²) in [5.41, 5.74) is 3.44. The van der Waals surface area contributed by atoms with Crippen molar-refractivity contribution in [3.63, 3.8) is 0 Å². The Bertz CT molecular complexity index is 560. The van der Waals surface area contributed by atoms with Crippen LogP contribution in [0.5, 0.6) is 0 Å². The van der Waals surface area contributed by atoms with Gasteiger partial charge < -0.3 is 5.32 Å². The molecule has 1 heterocycles. The molecular weight excluding hydrogens is 232 g/mol. The van der Waals surface area contributed by atoms with Gasteiger partial charge >= 0.3 is 0 Å². The number of rotatable bonds is 6. The number of fused-ring (bicyclic) bond motifs is 1. The minimum atomic E-state index is 0.350. The number of nitrogens with zero attached hydrogens (tertiary/aromatic N) is 1. The number of hydrogen-bond donors (Lipinski definition) is 1. The van der Waals surface area contributed by atoms with Gasteiger partial charge in [0.05, 0.1) is 5.52 Å². The molecule has 0 saturated heterocycles. The molecule has 0 saturated carbocycles. The van der Waals surface area contributed by atoms with E-state index >= 15 is 0 Å². The first-order chi connectivity index (χ1) is 9.24. The summed E-state index contributed by atoms with van der Waals surface area (Å²) in [6, 6.07) is 11.1. The van der Waals surface area contributed by atoms with Crippen molar-refractivity contribution >= 4 is 10.9 Å². The molecule has 19 heavy (non-hydrogen) atoms. The maximum absolute atomic E-state index is 4.54. The summed E-state index contributed by atoms with van der Waals surface area (Å²) in [6.45, 7) is 9.10. The van der Waals surface area contributed by atoms with Gasteiger partial charge in [-0.3, -0.25) is 4.98 Å². The molecule has 2 rings (SSSR count). The fourth-order valence-electron chi connectivity index (χ4n) is 2.29. The van der Waals surface area contributed by atoms with E-state index in [1.165, 1.54) is 10.9 Å². The van der Waals surface area contributed by atoms with Gasteiger partial charge in [-0.25, -0.2) is 0 Å². The lowest BCUT2D eigenvalue weighted by Gasteiger charge is -2.17. The van der Waals surface area contributed by atoms with Crippen LogP contribution in [0, 0.1) is 6.92 Å². The Morgan fingerprint density at radius 3 is 2.89 bits per heavy atom. The Kier molecular flexibility index (Phi) is 4.69. The van der Waals surface area contributed by atoms with Gasteiger partial charge in [0.1, 0.15) is 0 Å². The summed E-state index contributed by atoms with van der Waals surface area (Å²) < 4.78 is 0. The molecule has 1 N–H and O–H groups in total. The first-order valence-electron chi connectivity index (χ1n) is 6.96. The van der Waals surface area contributed by atoms with Crippen LogP contribution in [0.2, 0.25) is 0 Å². The summed E-state index contributed by atoms with van der Waals surface area (Å²) in [4.78, 5) is 4.54. The Hall–Kier alpha value is -1.67. The van der Waals surface area contributed by atoms with Crippen LogP contribution in [0.4, 0.5) is 0 Å². The van der Waals surface area contributed by atoms with Gasteiger partial charge in [-0.2, -0.15) is 0 Å². The van der Waals surface area contributed by atoms with Gasteiger partial charge in [-0.05, 0) is 50.1 Å². The fourth-order valence-corrected chi connectivity index (χ4v) is 2.29. The molecular formula is C17H22N2. The summed E-state index contributed by atoms with van der Waals surface area (Å²) >= 11 is 0. The van der Waals surface area contributed by atoms with Gasteiger partial charge in [-0.1, -0.05) is 25.1 Å². The number of pyridine rings is 1. The van der Waals surface area contributed by atoms with Crippen molar-refractivity contribution in [3.8, 4) is 0 Å².